The lowest BCUT2D eigenvalue weighted by atomic mass is 9.95. The van der Waals surface area contributed by atoms with Crippen LogP contribution in [-0.4, -0.2) is 15.7 Å². The Kier molecular flexibility index (Phi) is 3.08. The van der Waals surface area contributed by atoms with Crippen LogP contribution < -0.4 is 0 Å². The summed E-state index contributed by atoms with van der Waals surface area (Å²) >= 11 is 0. The second-order valence-corrected chi connectivity index (χ2v) is 4.96. The zero-order chi connectivity index (χ0) is 15.1. The lowest BCUT2D eigenvalue weighted by Gasteiger charge is -2.14. The predicted molar refractivity (Wildman–Crippen MR) is 71.2 cm³/mol. The summed E-state index contributed by atoms with van der Waals surface area (Å²) in [4.78, 5) is 11.5. The Bertz CT molecular complexity index is 736. The predicted octanol–water partition coefficient (Wildman–Crippen LogP) is 2.91. The minimum absolute atomic E-state index is 0.261. The van der Waals surface area contributed by atoms with E-state index in [0.717, 1.165) is 12.1 Å². The van der Waals surface area contributed by atoms with Crippen molar-refractivity contribution < 1.29 is 18.3 Å². The average Bonchev–Trinajstić information content (AvgIpc) is 2.99. The Morgan fingerprint density at radius 2 is 2.10 bits per heavy atom. The lowest BCUT2D eigenvalue weighted by molar-refractivity contribution is -0.139. The first-order valence-electron chi connectivity index (χ1n) is 6.32. The van der Waals surface area contributed by atoms with E-state index in [1.807, 2.05) is 0 Å². The molecule has 0 N–H and O–H groups in total. The zero-order valence-electron chi connectivity index (χ0n) is 11.3. The average molecular weight is 290 g/mol. The molecule has 1 unspecified atom stereocenters. The van der Waals surface area contributed by atoms with Gasteiger partial charge in [0.15, 0.2) is 11.6 Å². The van der Waals surface area contributed by atoms with E-state index in [4.69, 9.17) is 4.74 Å². The molecular formula is C15H12F2N2O2. The topological polar surface area (TPSA) is 44.1 Å². The van der Waals surface area contributed by atoms with Gasteiger partial charge in [0.1, 0.15) is 6.10 Å². The minimum Gasteiger partial charge on any atom is -0.454 e. The van der Waals surface area contributed by atoms with E-state index in [-0.39, 0.29) is 6.42 Å². The van der Waals surface area contributed by atoms with E-state index in [1.54, 1.807) is 24.1 Å². The molecule has 0 saturated carbocycles. The summed E-state index contributed by atoms with van der Waals surface area (Å²) < 4.78 is 33.9. The van der Waals surface area contributed by atoms with Crippen LogP contribution in [-0.2, 0) is 16.6 Å². The van der Waals surface area contributed by atoms with Crippen LogP contribution in [0.15, 0.2) is 36.7 Å². The van der Waals surface area contributed by atoms with Crippen molar-refractivity contribution in [2.45, 2.75) is 12.5 Å². The molecule has 1 aliphatic heterocycles. The maximum absolute atomic E-state index is 13.6. The third-order valence-electron chi connectivity index (χ3n) is 3.42. The number of hydrogen-bond acceptors (Lipinski definition) is 3. The Balaban J connectivity index is 2.12. The quantitative estimate of drug-likeness (QED) is 0.631. The molecule has 4 nitrogen and oxygen atoms in total. The van der Waals surface area contributed by atoms with Crippen molar-refractivity contribution in [3.8, 4) is 11.1 Å². The SMILES string of the molecule is C=C1CC(c2cc(F)c(F)cc2-c2cnn(C)c2)OC1=O. The fourth-order valence-electron chi connectivity index (χ4n) is 2.37. The minimum atomic E-state index is -0.980. The molecule has 2 aromatic rings. The Labute approximate surface area is 119 Å². The third-order valence-corrected chi connectivity index (χ3v) is 3.42. The van der Waals surface area contributed by atoms with Crippen molar-refractivity contribution >= 4 is 5.97 Å². The standard InChI is InChI=1S/C15H12F2N2O2/c1-8-3-14(21-15(8)20)11-5-13(17)12(16)4-10(11)9-6-18-19(2)7-9/h4-7,14H,1,3H2,2H3. The van der Waals surface area contributed by atoms with Crippen molar-refractivity contribution in [3.05, 3.63) is 53.9 Å². The summed E-state index contributed by atoms with van der Waals surface area (Å²) in [5.74, 6) is -2.45. The molecule has 0 spiro atoms. The Morgan fingerprint density at radius 3 is 2.67 bits per heavy atom. The van der Waals surface area contributed by atoms with Crippen LogP contribution in [0.1, 0.15) is 18.1 Å². The Hall–Kier alpha value is -2.50. The van der Waals surface area contributed by atoms with Gasteiger partial charge in [-0.05, 0) is 17.7 Å². The van der Waals surface area contributed by atoms with Crippen LogP contribution in [0, 0.1) is 11.6 Å². The van der Waals surface area contributed by atoms with Crippen molar-refractivity contribution in [2.75, 3.05) is 0 Å². The highest BCUT2D eigenvalue weighted by Crippen LogP contribution is 2.38. The third kappa shape index (κ3) is 2.33. The van der Waals surface area contributed by atoms with Gasteiger partial charge >= 0.3 is 5.97 Å². The molecule has 1 fully saturated rings. The van der Waals surface area contributed by atoms with Gasteiger partial charge in [-0.1, -0.05) is 6.58 Å². The molecule has 0 bridgehead atoms. The van der Waals surface area contributed by atoms with Crippen LogP contribution in [0.3, 0.4) is 0 Å². The van der Waals surface area contributed by atoms with Gasteiger partial charge in [0, 0.05) is 36.4 Å². The van der Waals surface area contributed by atoms with Crippen molar-refractivity contribution in [2.24, 2.45) is 7.05 Å². The summed E-state index contributed by atoms with van der Waals surface area (Å²) in [5.41, 5.74) is 1.81. The number of cyclic esters (lactones) is 1. The van der Waals surface area contributed by atoms with Gasteiger partial charge in [-0.2, -0.15) is 5.10 Å². The first-order chi connectivity index (χ1) is 9.95. The highest BCUT2D eigenvalue weighted by Gasteiger charge is 2.31. The zero-order valence-corrected chi connectivity index (χ0v) is 11.3. The van der Waals surface area contributed by atoms with Gasteiger partial charge < -0.3 is 4.74 Å². The van der Waals surface area contributed by atoms with E-state index in [9.17, 15) is 13.6 Å². The van der Waals surface area contributed by atoms with Gasteiger partial charge in [-0.15, -0.1) is 0 Å². The smallest absolute Gasteiger partial charge is 0.334 e. The molecule has 1 saturated heterocycles. The highest BCUT2D eigenvalue weighted by atomic mass is 19.2. The molecular weight excluding hydrogens is 278 g/mol. The van der Waals surface area contributed by atoms with Crippen LogP contribution in [0.2, 0.25) is 0 Å². The number of benzene rings is 1. The van der Waals surface area contributed by atoms with Gasteiger partial charge in [-0.25, -0.2) is 13.6 Å². The summed E-state index contributed by atoms with van der Waals surface area (Å²) in [6.45, 7) is 3.60. The molecule has 1 aromatic heterocycles. The summed E-state index contributed by atoms with van der Waals surface area (Å²) in [6, 6.07) is 2.16. The van der Waals surface area contributed by atoms with E-state index in [1.165, 1.54) is 0 Å². The van der Waals surface area contributed by atoms with Crippen LogP contribution >= 0.6 is 0 Å². The maximum atomic E-state index is 13.6. The van der Waals surface area contributed by atoms with E-state index in [2.05, 4.69) is 11.7 Å². The molecule has 3 rings (SSSR count). The second-order valence-electron chi connectivity index (χ2n) is 4.96. The number of carbonyl (C=O) groups excluding carboxylic acids is 1. The van der Waals surface area contributed by atoms with Gasteiger partial charge in [0.2, 0.25) is 0 Å². The Morgan fingerprint density at radius 1 is 1.38 bits per heavy atom. The number of nitrogens with zero attached hydrogens (tertiary/aromatic N) is 2. The van der Waals surface area contributed by atoms with Crippen molar-refractivity contribution in [3.63, 3.8) is 0 Å². The van der Waals surface area contributed by atoms with E-state index >= 15 is 0 Å². The number of ether oxygens (including phenoxy) is 1. The molecule has 108 valence electrons. The largest absolute Gasteiger partial charge is 0.454 e. The molecule has 1 aliphatic rings. The number of rotatable bonds is 2. The number of halogens is 2. The first kappa shape index (κ1) is 13.5. The number of carbonyl (C=O) groups is 1. The first-order valence-corrected chi connectivity index (χ1v) is 6.32. The molecule has 6 heteroatoms. The molecule has 1 aromatic carbocycles. The summed E-state index contributed by atoms with van der Waals surface area (Å²) in [7, 11) is 1.72. The molecule has 0 amide bonds. The van der Waals surface area contributed by atoms with Crippen LogP contribution in [0.5, 0.6) is 0 Å². The highest BCUT2D eigenvalue weighted by molar-refractivity contribution is 5.90. The van der Waals surface area contributed by atoms with Gasteiger partial charge in [0.05, 0.1) is 6.20 Å². The van der Waals surface area contributed by atoms with E-state index < -0.39 is 23.7 Å². The molecule has 2 heterocycles. The number of aromatic nitrogens is 2. The fraction of sp³-hybridized carbons (Fsp3) is 0.200. The van der Waals surface area contributed by atoms with Crippen LogP contribution in [0.4, 0.5) is 8.78 Å². The van der Waals surface area contributed by atoms with Gasteiger partial charge in [0.25, 0.3) is 0 Å². The lowest BCUT2D eigenvalue weighted by Crippen LogP contribution is -2.03. The summed E-state index contributed by atoms with van der Waals surface area (Å²) in [5, 5.41) is 4.02. The molecule has 0 radical (unpaired) electrons. The maximum Gasteiger partial charge on any atom is 0.334 e. The monoisotopic (exact) mass is 290 g/mol. The van der Waals surface area contributed by atoms with Crippen molar-refractivity contribution in [1.29, 1.82) is 0 Å². The molecule has 0 aliphatic carbocycles. The number of esters is 1. The van der Waals surface area contributed by atoms with E-state index in [0.29, 0.717) is 22.3 Å². The second kappa shape index (κ2) is 4.80. The summed E-state index contributed by atoms with van der Waals surface area (Å²) in [6.07, 6.45) is 2.83. The molecule has 1 atom stereocenters. The molecule has 21 heavy (non-hydrogen) atoms. The normalized spacial score (nSPS) is 18.1. The number of hydrogen-bond donors (Lipinski definition) is 0. The van der Waals surface area contributed by atoms with Gasteiger partial charge in [-0.3, -0.25) is 4.68 Å². The number of aryl methyl sites for hydroxylation is 1. The fourth-order valence-corrected chi connectivity index (χ4v) is 2.37. The van der Waals surface area contributed by atoms with Crippen LogP contribution in [0.25, 0.3) is 11.1 Å². The van der Waals surface area contributed by atoms with Crippen molar-refractivity contribution in [1.82, 2.24) is 9.78 Å².